The number of carbonyl (C=O) groups is 1. The molecule has 5 nitrogen and oxygen atoms in total. The summed E-state index contributed by atoms with van der Waals surface area (Å²) in [4.78, 5) is 15.9. The highest BCUT2D eigenvalue weighted by molar-refractivity contribution is 5.77. The van der Waals surface area contributed by atoms with Crippen LogP contribution in [-0.4, -0.2) is 42.2 Å². The van der Waals surface area contributed by atoms with Gasteiger partial charge in [0, 0.05) is 13.1 Å². The van der Waals surface area contributed by atoms with Crippen molar-refractivity contribution < 1.29 is 14.6 Å². The number of rotatable bonds is 5. The summed E-state index contributed by atoms with van der Waals surface area (Å²) in [6, 6.07) is 16.2. The van der Waals surface area contributed by atoms with E-state index in [0.29, 0.717) is 6.54 Å². The summed E-state index contributed by atoms with van der Waals surface area (Å²) in [5.74, 6) is 0.893. The Labute approximate surface area is 153 Å². The summed E-state index contributed by atoms with van der Waals surface area (Å²) < 4.78 is 6.03. The number of carboxylic acids is 1. The number of anilines is 2. The Morgan fingerprint density at radius 1 is 1.04 bits per heavy atom. The number of benzene rings is 2. The van der Waals surface area contributed by atoms with Gasteiger partial charge in [-0.05, 0) is 56.6 Å². The highest BCUT2D eigenvalue weighted by atomic mass is 16.5. The third-order valence-corrected chi connectivity index (χ3v) is 5.24. The van der Waals surface area contributed by atoms with E-state index in [9.17, 15) is 9.90 Å². The minimum absolute atomic E-state index is 0.214. The molecule has 0 saturated carbocycles. The van der Waals surface area contributed by atoms with Crippen molar-refractivity contribution in [3.8, 4) is 11.5 Å². The Morgan fingerprint density at radius 3 is 2.35 bits per heavy atom. The summed E-state index contributed by atoms with van der Waals surface area (Å²) >= 11 is 0. The molecule has 1 saturated heterocycles. The molecule has 136 valence electrons. The SMILES string of the molecule is O=C(O)C1CCCN(CCCN2c3ccccc3Oc3ccccc32)C1. The van der Waals surface area contributed by atoms with Gasteiger partial charge in [0.25, 0.3) is 0 Å². The maximum Gasteiger partial charge on any atom is 0.307 e. The lowest BCUT2D eigenvalue weighted by molar-refractivity contribution is -0.143. The number of carboxylic acid groups (broad SMARTS) is 1. The van der Waals surface area contributed by atoms with E-state index in [1.165, 1.54) is 0 Å². The molecule has 1 atom stereocenters. The second kappa shape index (κ2) is 7.38. The van der Waals surface area contributed by atoms with Crippen LogP contribution >= 0.6 is 0 Å². The van der Waals surface area contributed by atoms with Crippen molar-refractivity contribution >= 4 is 17.3 Å². The van der Waals surface area contributed by atoms with E-state index in [4.69, 9.17) is 4.74 Å². The molecule has 2 heterocycles. The van der Waals surface area contributed by atoms with E-state index >= 15 is 0 Å². The first-order valence-electron chi connectivity index (χ1n) is 9.31. The molecule has 2 aliphatic rings. The van der Waals surface area contributed by atoms with Crippen molar-refractivity contribution in [1.82, 2.24) is 4.90 Å². The minimum atomic E-state index is -0.661. The number of nitrogens with zero attached hydrogens (tertiary/aromatic N) is 2. The zero-order valence-corrected chi connectivity index (χ0v) is 14.8. The van der Waals surface area contributed by atoms with Gasteiger partial charge >= 0.3 is 5.97 Å². The first kappa shape index (κ1) is 16.9. The van der Waals surface area contributed by atoms with E-state index in [2.05, 4.69) is 21.9 Å². The predicted octanol–water partition coefficient (Wildman–Crippen LogP) is 4.12. The number of ether oxygens (including phenoxy) is 1. The van der Waals surface area contributed by atoms with E-state index in [-0.39, 0.29) is 5.92 Å². The maximum absolute atomic E-state index is 11.2. The molecule has 0 radical (unpaired) electrons. The summed E-state index contributed by atoms with van der Waals surface area (Å²) in [6.07, 6.45) is 2.76. The van der Waals surface area contributed by atoms with Crippen molar-refractivity contribution in [3.05, 3.63) is 48.5 Å². The molecular weight excluding hydrogens is 328 g/mol. The number of hydrogen-bond donors (Lipinski definition) is 1. The van der Waals surface area contributed by atoms with Gasteiger partial charge in [-0.3, -0.25) is 4.79 Å². The first-order chi connectivity index (χ1) is 12.7. The first-order valence-corrected chi connectivity index (χ1v) is 9.31. The van der Waals surface area contributed by atoms with Crippen LogP contribution in [0.2, 0.25) is 0 Å². The molecule has 0 aromatic heterocycles. The van der Waals surface area contributed by atoms with E-state index in [0.717, 1.165) is 61.8 Å². The van der Waals surface area contributed by atoms with Gasteiger partial charge in [-0.25, -0.2) is 0 Å². The molecule has 4 rings (SSSR count). The van der Waals surface area contributed by atoms with Crippen molar-refractivity contribution in [2.45, 2.75) is 19.3 Å². The number of likely N-dealkylation sites (tertiary alicyclic amines) is 1. The number of aliphatic carboxylic acids is 1. The molecule has 0 aliphatic carbocycles. The summed E-state index contributed by atoms with van der Waals surface area (Å²) in [7, 11) is 0. The van der Waals surface area contributed by atoms with Crippen LogP contribution in [0.15, 0.2) is 48.5 Å². The monoisotopic (exact) mass is 352 g/mol. The summed E-state index contributed by atoms with van der Waals surface area (Å²) in [6.45, 7) is 3.47. The average molecular weight is 352 g/mol. The van der Waals surface area contributed by atoms with Crippen LogP contribution in [0.3, 0.4) is 0 Å². The number of para-hydroxylation sites is 4. The van der Waals surface area contributed by atoms with Gasteiger partial charge in [0.05, 0.1) is 17.3 Å². The molecule has 1 unspecified atom stereocenters. The summed E-state index contributed by atoms with van der Waals surface area (Å²) in [5, 5.41) is 9.25. The lowest BCUT2D eigenvalue weighted by Gasteiger charge is -2.34. The van der Waals surface area contributed by atoms with Gasteiger partial charge in [0.1, 0.15) is 0 Å². The van der Waals surface area contributed by atoms with Crippen LogP contribution < -0.4 is 9.64 Å². The molecule has 0 spiro atoms. The van der Waals surface area contributed by atoms with Gasteiger partial charge in [-0.15, -0.1) is 0 Å². The highest BCUT2D eigenvalue weighted by Gasteiger charge is 2.26. The lowest BCUT2D eigenvalue weighted by Crippen LogP contribution is -2.39. The Bertz CT molecular complexity index is 747. The van der Waals surface area contributed by atoms with Crippen LogP contribution in [0.25, 0.3) is 0 Å². The number of piperidine rings is 1. The molecule has 0 amide bonds. The number of hydrogen-bond acceptors (Lipinski definition) is 4. The van der Waals surface area contributed by atoms with Crippen LogP contribution in [0.4, 0.5) is 11.4 Å². The zero-order valence-electron chi connectivity index (χ0n) is 14.8. The fourth-order valence-electron chi connectivity index (χ4n) is 3.93. The van der Waals surface area contributed by atoms with Crippen molar-refractivity contribution in [2.24, 2.45) is 5.92 Å². The predicted molar refractivity (Wildman–Crippen MR) is 101 cm³/mol. The largest absolute Gasteiger partial charge is 0.481 e. The Kier molecular flexibility index (Phi) is 4.80. The van der Waals surface area contributed by atoms with Crippen molar-refractivity contribution in [1.29, 1.82) is 0 Å². The maximum atomic E-state index is 11.2. The molecule has 2 aromatic carbocycles. The van der Waals surface area contributed by atoms with Crippen LogP contribution in [-0.2, 0) is 4.79 Å². The molecule has 2 aliphatic heterocycles. The van der Waals surface area contributed by atoms with Crippen LogP contribution in [0.1, 0.15) is 19.3 Å². The highest BCUT2D eigenvalue weighted by Crippen LogP contribution is 2.46. The molecule has 5 heteroatoms. The molecule has 2 aromatic rings. The van der Waals surface area contributed by atoms with Crippen molar-refractivity contribution in [3.63, 3.8) is 0 Å². The van der Waals surface area contributed by atoms with Crippen LogP contribution in [0.5, 0.6) is 11.5 Å². The topological polar surface area (TPSA) is 53.0 Å². The van der Waals surface area contributed by atoms with Gasteiger partial charge < -0.3 is 19.6 Å². The molecule has 0 bridgehead atoms. The average Bonchev–Trinajstić information content (AvgIpc) is 2.67. The Morgan fingerprint density at radius 2 is 1.69 bits per heavy atom. The smallest absolute Gasteiger partial charge is 0.307 e. The molecular formula is C21H24N2O3. The van der Waals surface area contributed by atoms with Gasteiger partial charge in [0.15, 0.2) is 11.5 Å². The van der Waals surface area contributed by atoms with Gasteiger partial charge in [-0.2, -0.15) is 0 Å². The lowest BCUT2D eigenvalue weighted by atomic mass is 9.98. The third kappa shape index (κ3) is 3.40. The normalized spacial score (nSPS) is 19.4. The van der Waals surface area contributed by atoms with E-state index < -0.39 is 5.97 Å². The molecule has 1 N–H and O–H groups in total. The second-order valence-electron chi connectivity index (χ2n) is 7.02. The quantitative estimate of drug-likeness (QED) is 0.877. The van der Waals surface area contributed by atoms with Crippen LogP contribution in [0, 0.1) is 5.92 Å². The van der Waals surface area contributed by atoms with E-state index in [1.54, 1.807) is 0 Å². The number of fused-ring (bicyclic) bond motifs is 2. The fraction of sp³-hybridized carbons (Fsp3) is 0.381. The second-order valence-corrected chi connectivity index (χ2v) is 7.02. The van der Waals surface area contributed by atoms with Crippen molar-refractivity contribution in [2.75, 3.05) is 31.1 Å². The standard InChI is InChI=1S/C21H24N2O3/c24-21(25)16-7-5-12-22(15-16)13-6-14-23-17-8-1-3-10-19(17)26-20-11-4-2-9-18(20)23/h1-4,8-11,16H,5-7,12-15H2,(H,24,25). The van der Waals surface area contributed by atoms with Gasteiger partial charge in [0.2, 0.25) is 0 Å². The Balaban J connectivity index is 1.44. The van der Waals surface area contributed by atoms with E-state index in [1.807, 2.05) is 36.4 Å². The molecule has 1 fully saturated rings. The molecule has 26 heavy (non-hydrogen) atoms. The zero-order chi connectivity index (χ0) is 17.9. The minimum Gasteiger partial charge on any atom is -0.481 e. The summed E-state index contributed by atoms with van der Waals surface area (Å²) in [5.41, 5.74) is 2.18. The Hall–Kier alpha value is -2.53. The van der Waals surface area contributed by atoms with Gasteiger partial charge in [-0.1, -0.05) is 24.3 Å². The third-order valence-electron chi connectivity index (χ3n) is 5.24. The fourth-order valence-corrected chi connectivity index (χ4v) is 3.93.